The summed E-state index contributed by atoms with van der Waals surface area (Å²) in [6.07, 6.45) is 3.25. The molecule has 0 unspecified atom stereocenters. The second kappa shape index (κ2) is 4.80. The van der Waals surface area contributed by atoms with E-state index >= 15 is 0 Å². The number of hydrogen-bond donors (Lipinski definition) is 2. The van der Waals surface area contributed by atoms with Gasteiger partial charge in [-0.05, 0) is 28.9 Å². The van der Waals surface area contributed by atoms with Crippen molar-refractivity contribution in [3.63, 3.8) is 0 Å². The Bertz CT molecular complexity index is 570. The number of nitrogens with zero attached hydrogens (tertiary/aromatic N) is 2. The standard InChI is InChI=1S/C10H8BrN3O2S/c1-5-3-13-10(17-5)14-8-7(9(15)16)2-6(11)4-12-8/h2-4H,1H3,(H,15,16)(H,12,13,14). The minimum Gasteiger partial charge on any atom is -0.478 e. The molecule has 0 radical (unpaired) electrons. The molecule has 0 aromatic carbocycles. The molecule has 5 nitrogen and oxygen atoms in total. The van der Waals surface area contributed by atoms with Crippen LogP contribution in [0.1, 0.15) is 15.2 Å². The molecule has 0 aliphatic rings. The molecule has 0 amide bonds. The second-order valence-corrected chi connectivity index (χ2v) is 5.41. The van der Waals surface area contributed by atoms with E-state index in [1.165, 1.54) is 23.6 Å². The van der Waals surface area contributed by atoms with Crippen molar-refractivity contribution in [2.75, 3.05) is 5.32 Å². The van der Waals surface area contributed by atoms with Gasteiger partial charge in [0.1, 0.15) is 11.4 Å². The lowest BCUT2D eigenvalue weighted by molar-refractivity contribution is 0.0697. The first-order valence-electron chi connectivity index (χ1n) is 4.64. The molecule has 0 fully saturated rings. The summed E-state index contributed by atoms with van der Waals surface area (Å²) in [6, 6.07) is 1.50. The monoisotopic (exact) mass is 313 g/mol. The van der Waals surface area contributed by atoms with Gasteiger partial charge in [0, 0.05) is 21.7 Å². The molecule has 0 bridgehead atoms. The first kappa shape index (κ1) is 12.0. The summed E-state index contributed by atoms with van der Waals surface area (Å²) in [5.41, 5.74) is 0.104. The van der Waals surface area contributed by atoms with Gasteiger partial charge in [0.25, 0.3) is 0 Å². The summed E-state index contributed by atoms with van der Waals surface area (Å²) in [5, 5.41) is 12.6. The minimum absolute atomic E-state index is 0.104. The Kier molecular flexibility index (Phi) is 3.39. The zero-order valence-corrected chi connectivity index (χ0v) is 11.2. The maximum atomic E-state index is 11.1. The number of anilines is 2. The van der Waals surface area contributed by atoms with Crippen molar-refractivity contribution >= 4 is 44.2 Å². The molecule has 0 saturated heterocycles. The first-order chi connectivity index (χ1) is 8.06. The summed E-state index contributed by atoms with van der Waals surface area (Å²) in [7, 11) is 0. The predicted molar refractivity (Wildman–Crippen MR) is 69.0 cm³/mol. The van der Waals surface area contributed by atoms with E-state index in [2.05, 4.69) is 31.2 Å². The molecule has 2 rings (SSSR count). The fourth-order valence-electron chi connectivity index (χ4n) is 1.22. The lowest BCUT2D eigenvalue weighted by Gasteiger charge is -2.05. The summed E-state index contributed by atoms with van der Waals surface area (Å²) in [6.45, 7) is 1.93. The molecule has 7 heteroatoms. The number of carboxylic acid groups (broad SMARTS) is 1. The van der Waals surface area contributed by atoms with E-state index in [4.69, 9.17) is 5.11 Å². The Balaban J connectivity index is 2.35. The Labute approximate surface area is 110 Å². The second-order valence-electron chi connectivity index (χ2n) is 3.26. The number of hydrogen-bond acceptors (Lipinski definition) is 5. The number of pyridine rings is 1. The number of aromatic nitrogens is 2. The topological polar surface area (TPSA) is 75.1 Å². The predicted octanol–water partition coefficient (Wildman–Crippen LogP) is 3.05. The summed E-state index contributed by atoms with van der Waals surface area (Å²) < 4.78 is 0.621. The molecule has 17 heavy (non-hydrogen) atoms. The van der Waals surface area contributed by atoms with Gasteiger partial charge in [0.2, 0.25) is 0 Å². The fraction of sp³-hybridized carbons (Fsp3) is 0.100. The van der Waals surface area contributed by atoms with E-state index in [9.17, 15) is 4.79 Å². The van der Waals surface area contributed by atoms with Crippen molar-refractivity contribution in [2.24, 2.45) is 0 Å². The van der Waals surface area contributed by atoms with Crippen LogP contribution in [0.15, 0.2) is 22.9 Å². The molecular formula is C10H8BrN3O2S. The van der Waals surface area contributed by atoms with Gasteiger partial charge in [-0.15, -0.1) is 11.3 Å². The largest absolute Gasteiger partial charge is 0.478 e. The number of nitrogens with one attached hydrogen (secondary N) is 1. The van der Waals surface area contributed by atoms with Crippen LogP contribution in [0.5, 0.6) is 0 Å². The highest BCUT2D eigenvalue weighted by atomic mass is 79.9. The van der Waals surface area contributed by atoms with Crippen LogP contribution in [-0.2, 0) is 0 Å². The minimum atomic E-state index is -1.03. The van der Waals surface area contributed by atoms with Crippen LogP contribution < -0.4 is 5.32 Å². The average molecular weight is 314 g/mol. The SMILES string of the molecule is Cc1cnc(Nc2ncc(Br)cc2C(=O)O)s1. The number of rotatable bonds is 3. The third kappa shape index (κ3) is 2.80. The van der Waals surface area contributed by atoms with Crippen molar-refractivity contribution in [1.82, 2.24) is 9.97 Å². The molecule has 2 aromatic rings. The maximum Gasteiger partial charge on any atom is 0.339 e. The van der Waals surface area contributed by atoms with Gasteiger partial charge in [-0.3, -0.25) is 0 Å². The van der Waals surface area contributed by atoms with Gasteiger partial charge in [-0.1, -0.05) is 0 Å². The molecule has 88 valence electrons. The van der Waals surface area contributed by atoms with Crippen LogP contribution in [-0.4, -0.2) is 21.0 Å². The van der Waals surface area contributed by atoms with Gasteiger partial charge in [-0.25, -0.2) is 14.8 Å². The lowest BCUT2D eigenvalue weighted by Crippen LogP contribution is -2.04. The molecule has 0 atom stereocenters. The van der Waals surface area contributed by atoms with Crippen molar-refractivity contribution in [3.8, 4) is 0 Å². The molecular weight excluding hydrogens is 306 g/mol. The van der Waals surface area contributed by atoms with Crippen LogP contribution in [0.4, 0.5) is 10.9 Å². The molecule has 2 aromatic heterocycles. The molecule has 2 heterocycles. The average Bonchev–Trinajstić information content (AvgIpc) is 2.66. The van der Waals surface area contributed by atoms with E-state index < -0.39 is 5.97 Å². The quantitative estimate of drug-likeness (QED) is 0.911. The highest BCUT2D eigenvalue weighted by Gasteiger charge is 2.13. The summed E-state index contributed by atoms with van der Waals surface area (Å²) in [5.74, 6) is -0.746. The lowest BCUT2D eigenvalue weighted by atomic mass is 10.2. The maximum absolute atomic E-state index is 11.1. The van der Waals surface area contributed by atoms with Gasteiger partial charge < -0.3 is 10.4 Å². The van der Waals surface area contributed by atoms with Crippen LogP contribution in [0.3, 0.4) is 0 Å². The highest BCUT2D eigenvalue weighted by Crippen LogP contribution is 2.24. The fourth-order valence-corrected chi connectivity index (χ4v) is 2.21. The van der Waals surface area contributed by atoms with E-state index in [1.807, 2.05) is 6.92 Å². The third-order valence-electron chi connectivity index (χ3n) is 1.93. The van der Waals surface area contributed by atoms with Crippen LogP contribution in [0.25, 0.3) is 0 Å². The summed E-state index contributed by atoms with van der Waals surface area (Å²) >= 11 is 4.63. The number of carbonyl (C=O) groups is 1. The van der Waals surface area contributed by atoms with E-state index in [1.54, 1.807) is 6.20 Å². The Morgan fingerprint density at radius 1 is 1.47 bits per heavy atom. The van der Waals surface area contributed by atoms with Crippen molar-refractivity contribution in [2.45, 2.75) is 6.92 Å². The smallest absolute Gasteiger partial charge is 0.339 e. The van der Waals surface area contributed by atoms with E-state index in [0.29, 0.717) is 9.60 Å². The summed E-state index contributed by atoms with van der Waals surface area (Å²) in [4.78, 5) is 20.2. The van der Waals surface area contributed by atoms with E-state index in [-0.39, 0.29) is 11.4 Å². The van der Waals surface area contributed by atoms with Crippen LogP contribution in [0, 0.1) is 6.92 Å². The molecule has 0 aliphatic heterocycles. The zero-order valence-electron chi connectivity index (χ0n) is 8.77. The van der Waals surface area contributed by atoms with Gasteiger partial charge in [0.15, 0.2) is 5.13 Å². The third-order valence-corrected chi connectivity index (χ3v) is 3.19. The van der Waals surface area contributed by atoms with Gasteiger partial charge in [-0.2, -0.15) is 0 Å². The number of carboxylic acids is 1. The number of aromatic carboxylic acids is 1. The van der Waals surface area contributed by atoms with Crippen molar-refractivity contribution in [3.05, 3.63) is 33.4 Å². The van der Waals surface area contributed by atoms with Crippen molar-refractivity contribution in [1.29, 1.82) is 0 Å². The zero-order chi connectivity index (χ0) is 12.4. The Morgan fingerprint density at radius 2 is 2.24 bits per heavy atom. The molecule has 2 N–H and O–H groups in total. The van der Waals surface area contributed by atoms with Crippen LogP contribution >= 0.6 is 27.3 Å². The Hall–Kier alpha value is -1.47. The molecule has 0 spiro atoms. The van der Waals surface area contributed by atoms with Crippen LogP contribution in [0.2, 0.25) is 0 Å². The Morgan fingerprint density at radius 3 is 2.82 bits per heavy atom. The first-order valence-corrected chi connectivity index (χ1v) is 6.25. The normalized spacial score (nSPS) is 10.2. The van der Waals surface area contributed by atoms with E-state index in [0.717, 1.165) is 4.88 Å². The van der Waals surface area contributed by atoms with Gasteiger partial charge >= 0.3 is 5.97 Å². The number of thiazole rings is 1. The molecule has 0 aliphatic carbocycles. The highest BCUT2D eigenvalue weighted by molar-refractivity contribution is 9.10. The van der Waals surface area contributed by atoms with Crippen molar-refractivity contribution < 1.29 is 9.90 Å². The van der Waals surface area contributed by atoms with Gasteiger partial charge in [0.05, 0.1) is 0 Å². The number of aryl methyl sites for hydroxylation is 1. The number of halogens is 1. The molecule has 0 saturated carbocycles.